The molecule has 27 heavy (non-hydrogen) atoms. The van der Waals surface area contributed by atoms with Crippen molar-refractivity contribution in [2.45, 2.75) is 45.8 Å². The van der Waals surface area contributed by atoms with Crippen LogP contribution < -0.4 is 10.4 Å². The van der Waals surface area contributed by atoms with Crippen LogP contribution in [0.5, 0.6) is 0 Å². The van der Waals surface area contributed by atoms with E-state index < -0.39 is 34.0 Å². The molecule has 0 aliphatic carbocycles. The second-order valence-corrected chi connectivity index (χ2v) is 22.6. The summed E-state index contributed by atoms with van der Waals surface area (Å²) < 4.78 is 19.6. The fourth-order valence-electron chi connectivity index (χ4n) is 3.24. The Labute approximate surface area is 168 Å². The van der Waals surface area contributed by atoms with E-state index in [0.717, 1.165) is 0 Å². The van der Waals surface area contributed by atoms with Gasteiger partial charge in [-0.2, -0.15) is 0 Å². The minimum atomic E-state index is -3.09. The lowest BCUT2D eigenvalue weighted by atomic mass is 10.4. The quantitative estimate of drug-likeness (QED) is 0.643. The molecule has 0 fully saturated rings. The molecule has 0 saturated heterocycles. The fourth-order valence-corrected chi connectivity index (χ4v) is 18.8. The highest BCUT2D eigenvalue weighted by Crippen LogP contribution is 2.24. The molecule has 0 spiro atoms. The molecular weight excluding hydrogens is 405 g/mol. The smallest absolute Gasteiger partial charge is 0.412 e. The third-order valence-electron chi connectivity index (χ3n) is 4.25. The lowest BCUT2D eigenvalue weighted by molar-refractivity contribution is 0.235. The first-order valence-electron chi connectivity index (χ1n) is 9.27. The van der Waals surface area contributed by atoms with E-state index in [4.69, 9.17) is 12.3 Å². The SMILES string of the molecule is C[Si](C)(O)O[Si](C)(O[Si](C)(C)c1ccccc1)O[Si](C)(C)c1ccccc1. The summed E-state index contributed by atoms with van der Waals surface area (Å²) in [5.41, 5.74) is 0. The second-order valence-electron chi connectivity index (χ2n) is 8.37. The van der Waals surface area contributed by atoms with Gasteiger partial charge < -0.3 is 17.1 Å². The molecule has 0 heterocycles. The zero-order valence-electron chi connectivity index (χ0n) is 17.4. The van der Waals surface area contributed by atoms with Crippen molar-refractivity contribution in [1.82, 2.24) is 0 Å². The van der Waals surface area contributed by atoms with E-state index in [2.05, 4.69) is 50.5 Å². The summed E-state index contributed by atoms with van der Waals surface area (Å²) >= 11 is 0. The van der Waals surface area contributed by atoms with Crippen molar-refractivity contribution in [3.05, 3.63) is 60.7 Å². The van der Waals surface area contributed by atoms with Gasteiger partial charge in [0.05, 0.1) is 0 Å². The van der Waals surface area contributed by atoms with Gasteiger partial charge in [0, 0.05) is 6.55 Å². The molecule has 8 heteroatoms. The van der Waals surface area contributed by atoms with Crippen molar-refractivity contribution >= 4 is 44.4 Å². The first kappa shape index (κ1) is 22.4. The molecule has 0 atom stereocenters. The van der Waals surface area contributed by atoms with Crippen LogP contribution in [0.3, 0.4) is 0 Å². The molecule has 0 bridgehead atoms. The second kappa shape index (κ2) is 8.25. The summed E-state index contributed by atoms with van der Waals surface area (Å²) in [5.74, 6) is 0. The average molecular weight is 437 g/mol. The minimum Gasteiger partial charge on any atom is -0.412 e. The summed E-state index contributed by atoms with van der Waals surface area (Å²) in [5, 5.41) is 2.38. The van der Waals surface area contributed by atoms with Gasteiger partial charge >= 0.3 is 17.4 Å². The molecule has 148 valence electrons. The Morgan fingerprint density at radius 1 is 0.556 bits per heavy atom. The summed E-state index contributed by atoms with van der Waals surface area (Å²) in [6, 6.07) is 20.5. The summed E-state index contributed by atoms with van der Waals surface area (Å²) in [6.07, 6.45) is 0. The highest BCUT2D eigenvalue weighted by Gasteiger charge is 2.49. The largest absolute Gasteiger partial charge is 0.468 e. The lowest BCUT2D eigenvalue weighted by Gasteiger charge is -2.41. The zero-order chi connectivity index (χ0) is 20.3. The van der Waals surface area contributed by atoms with Gasteiger partial charge in [-0.25, -0.2) is 0 Å². The Morgan fingerprint density at radius 2 is 0.889 bits per heavy atom. The molecule has 4 nitrogen and oxygen atoms in total. The summed E-state index contributed by atoms with van der Waals surface area (Å²) in [6.45, 7) is 14.1. The highest BCUT2D eigenvalue weighted by molar-refractivity contribution is 6.96. The van der Waals surface area contributed by atoms with Crippen LogP contribution in [0.15, 0.2) is 60.7 Å². The number of hydrogen-bond donors (Lipinski definition) is 1. The third-order valence-corrected chi connectivity index (χ3v) is 18.2. The first-order chi connectivity index (χ1) is 12.3. The van der Waals surface area contributed by atoms with Gasteiger partial charge in [-0.05, 0) is 49.7 Å². The van der Waals surface area contributed by atoms with Crippen molar-refractivity contribution in [2.75, 3.05) is 0 Å². The van der Waals surface area contributed by atoms with Crippen LogP contribution in [0.4, 0.5) is 0 Å². The Morgan fingerprint density at radius 3 is 1.19 bits per heavy atom. The molecule has 0 aliphatic heterocycles. The van der Waals surface area contributed by atoms with Crippen LogP contribution in [0.1, 0.15) is 0 Å². The molecule has 2 aromatic carbocycles. The molecule has 0 unspecified atom stereocenters. The number of rotatable bonds is 8. The van der Waals surface area contributed by atoms with Crippen molar-refractivity contribution in [2.24, 2.45) is 0 Å². The van der Waals surface area contributed by atoms with E-state index in [0.29, 0.717) is 0 Å². The van der Waals surface area contributed by atoms with Crippen molar-refractivity contribution in [3.63, 3.8) is 0 Å². The third kappa shape index (κ3) is 6.61. The Bertz CT molecular complexity index is 677. The predicted octanol–water partition coefficient (Wildman–Crippen LogP) is 3.52. The Balaban J connectivity index is 2.35. The monoisotopic (exact) mass is 436 g/mol. The minimum absolute atomic E-state index is 1.19. The standard InChI is InChI=1S/C19H32O4Si4/c1-24(2,18-14-10-8-11-15-18)21-27(7,23-26(5,6)20)22-25(3,4)19-16-12-9-13-17-19/h8-17,20H,1-7H3. The van der Waals surface area contributed by atoms with Crippen LogP contribution in [-0.2, 0) is 12.3 Å². The van der Waals surface area contributed by atoms with Crippen LogP contribution in [0.25, 0.3) is 0 Å². The van der Waals surface area contributed by atoms with Crippen LogP contribution >= 0.6 is 0 Å². The van der Waals surface area contributed by atoms with Crippen molar-refractivity contribution in [1.29, 1.82) is 0 Å². The van der Waals surface area contributed by atoms with Gasteiger partial charge in [0.1, 0.15) is 0 Å². The van der Waals surface area contributed by atoms with Gasteiger partial charge in [0.2, 0.25) is 16.6 Å². The van der Waals surface area contributed by atoms with E-state index in [1.54, 1.807) is 13.1 Å². The molecular formula is C19H32O4Si4. The van der Waals surface area contributed by atoms with Gasteiger partial charge in [0.15, 0.2) is 0 Å². The lowest BCUT2D eigenvalue weighted by Crippen LogP contribution is -2.64. The maximum absolute atomic E-state index is 10.5. The zero-order valence-corrected chi connectivity index (χ0v) is 21.4. The summed E-state index contributed by atoms with van der Waals surface area (Å²) in [7, 11) is -10.5. The van der Waals surface area contributed by atoms with Crippen LogP contribution in [0.2, 0.25) is 45.8 Å². The van der Waals surface area contributed by atoms with E-state index in [9.17, 15) is 4.80 Å². The number of hydrogen-bond acceptors (Lipinski definition) is 4. The van der Waals surface area contributed by atoms with Gasteiger partial charge in [-0.15, -0.1) is 0 Å². The van der Waals surface area contributed by atoms with Crippen LogP contribution in [0, 0.1) is 0 Å². The fraction of sp³-hybridized carbons (Fsp3) is 0.368. The van der Waals surface area contributed by atoms with E-state index in [-0.39, 0.29) is 0 Å². The predicted molar refractivity (Wildman–Crippen MR) is 122 cm³/mol. The molecule has 0 saturated carbocycles. The normalized spacial score (nSPS) is 13.6. The molecule has 0 amide bonds. The maximum Gasteiger partial charge on any atom is 0.468 e. The summed E-state index contributed by atoms with van der Waals surface area (Å²) in [4.78, 5) is 10.5. The molecule has 0 aromatic heterocycles. The maximum atomic E-state index is 10.5. The average Bonchev–Trinajstić information content (AvgIpc) is 2.53. The molecule has 0 aliphatic rings. The first-order valence-corrected chi connectivity index (χ1v) is 20.2. The van der Waals surface area contributed by atoms with Gasteiger partial charge in [-0.3, -0.25) is 0 Å². The van der Waals surface area contributed by atoms with Crippen molar-refractivity contribution < 1.29 is 17.1 Å². The van der Waals surface area contributed by atoms with Gasteiger partial charge in [-0.1, -0.05) is 60.7 Å². The Kier molecular flexibility index (Phi) is 6.86. The highest BCUT2D eigenvalue weighted by atomic mass is 28.5. The van der Waals surface area contributed by atoms with E-state index >= 15 is 0 Å². The number of benzene rings is 2. The molecule has 2 rings (SSSR count). The molecule has 2 aromatic rings. The van der Waals surface area contributed by atoms with E-state index in [1.807, 2.05) is 42.9 Å². The topological polar surface area (TPSA) is 47.9 Å². The van der Waals surface area contributed by atoms with Crippen molar-refractivity contribution in [3.8, 4) is 0 Å². The van der Waals surface area contributed by atoms with E-state index in [1.165, 1.54) is 10.4 Å². The Hall–Kier alpha value is -0.852. The molecule has 1 N–H and O–H groups in total. The van der Waals surface area contributed by atoms with Gasteiger partial charge in [0.25, 0.3) is 0 Å². The molecule has 0 radical (unpaired) electrons. The van der Waals surface area contributed by atoms with Crippen LogP contribution in [-0.4, -0.2) is 38.8 Å².